The number of rotatable bonds is 5. The summed E-state index contributed by atoms with van der Waals surface area (Å²) in [5, 5.41) is 5.92. The van der Waals surface area contributed by atoms with E-state index in [0.717, 1.165) is 13.1 Å². The van der Waals surface area contributed by atoms with Crippen molar-refractivity contribution in [2.24, 2.45) is 0 Å². The van der Waals surface area contributed by atoms with Crippen molar-refractivity contribution in [1.29, 1.82) is 0 Å². The van der Waals surface area contributed by atoms with Crippen molar-refractivity contribution in [2.45, 2.75) is 26.8 Å². The second-order valence-electron chi connectivity index (χ2n) is 3.05. The number of hydrogen-bond acceptors (Lipinski definition) is 2. The lowest BCUT2D eigenvalue weighted by atomic mass is 10.3. The molecule has 2 amide bonds. The normalized spacial score (nSPS) is 12.3. The van der Waals surface area contributed by atoms with Gasteiger partial charge in [-0.05, 0) is 27.8 Å². The summed E-state index contributed by atoms with van der Waals surface area (Å²) in [5.74, 6) is 0. The van der Waals surface area contributed by atoms with Crippen LogP contribution in [-0.4, -0.2) is 43.7 Å². The third kappa shape index (κ3) is 4.72. The molecule has 0 rings (SSSR count). The highest BCUT2D eigenvalue weighted by molar-refractivity contribution is 5.74. The molecule has 1 unspecified atom stereocenters. The third-order valence-electron chi connectivity index (χ3n) is 2.10. The van der Waals surface area contributed by atoms with Crippen molar-refractivity contribution in [3.8, 4) is 0 Å². The molecule has 0 heterocycles. The highest BCUT2D eigenvalue weighted by atomic mass is 16.2. The number of carbonyl (C=O) groups excluding carboxylic acids is 1. The zero-order chi connectivity index (χ0) is 10.3. The number of nitrogens with one attached hydrogen (secondary N) is 2. The van der Waals surface area contributed by atoms with Gasteiger partial charge >= 0.3 is 6.03 Å². The topological polar surface area (TPSA) is 44.4 Å². The van der Waals surface area contributed by atoms with E-state index in [2.05, 4.69) is 10.6 Å². The van der Waals surface area contributed by atoms with Crippen molar-refractivity contribution in [1.82, 2.24) is 15.5 Å². The minimum absolute atomic E-state index is 0.0205. The molecule has 0 fully saturated rings. The Hall–Kier alpha value is -0.770. The Bertz CT molecular complexity index is 146. The van der Waals surface area contributed by atoms with E-state index in [0.29, 0.717) is 12.6 Å². The van der Waals surface area contributed by atoms with E-state index >= 15 is 0 Å². The molecule has 0 aliphatic heterocycles. The first kappa shape index (κ1) is 12.2. The Kier molecular flexibility index (Phi) is 6.32. The second-order valence-corrected chi connectivity index (χ2v) is 3.05. The lowest BCUT2D eigenvalue weighted by Crippen LogP contribution is -2.44. The number of urea groups is 1. The zero-order valence-corrected chi connectivity index (χ0v) is 9.05. The molecule has 4 heteroatoms. The van der Waals surface area contributed by atoms with Gasteiger partial charge in [0.25, 0.3) is 0 Å². The minimum atomic E-state index is 0.0205. The maximum Gasteiger partial charge on any atom is 0.317 e. The Balaban J connectivity index is 3.72. The van der Waals surface area contributed by atoms with Crippen LogP contribution in [0.25, 0.3) is 0 Å². The third-order valence-corrected chi connectivity index (χ3v) is 2.10. The van der Waals surface area contributed by atoms with Crippen molar-refractivity contribution in [3.63, 3.8) is 0 Å². The molecule has 0 spiro atoms. The van der Waals surface area contributed by atoms with E-state index in [1.807, 2.05) is 27.8 Å². The Labute approximate surface area is 80.7 Å². The number of carbonyl (C=O) groups is 1. The molecular weight excluding hydrogens is 166 g/mol. The van der Waals surface area contributed by atoms with E-state index in [9.17, 15) is 4.79 Å². The summed E-state index contributed by atoms with van der Waals surface area (Å²) in [6.45, 7) is 8.18. The molecular formula is C9H21N3O. The first-order chi connectivity index (χ1) is 6.15. The molecule has 1 atom stereocenters. The SMILES string of the molecule is CCN(CC)C(=O)NCC(C)NC. The molecule has 0 aromatic carbocycles. The van der Waals surface area contributed by atoms with Crippen molar-refractivity contribution in [3.05, 3.63) is 0 Å². The molecule has 2 N–H and O–H groups in total. The number of amides is 2. The molecule has 0 aliphatic rings. The average molecular weight is 187 g/mol. The average Bonchev–Trinajstić information content (AvgIpc) is 2.16. The summed E-state index contributed by atoms with van der Waals surface area (Å²) in [7, 11) is 1.88. The van der Waals surface area contributed by atoms with E-state index in [4.69, 9.17) is 0 Å². The summed E-state index contributed by atoms with van der Waals surface area (Å²) in [6.07, 6.45) is 0. The lowest BCUT2D eigenvalue weighted by molar-refractivity contribution is 0.202. The van der Waals surface area contributed by atoms with Crippen LogP contribution in [0, 0.1) is 0 Å². The summed E-state index contributed by atoms with van der Waals surface area (Å²) in [6, 6.07) is 0.339. The molecule has 0 aliphatic carbocycles. The van der Waals surface area contributed by atoms with Crippen molar-refractivity contribution < 1.29 is 4.79 Å². The van der Waals surface area contributed by atoms with E-state index in [1.165, 1.54) is 0 Å². The van der Waals surface area contributed by atoms with Gasteiger partial charge in [0.2, 0.25) is 0 Å². The van der Waals surface area contributed by atoms with Crippen LogP contribution in [0.15, 0.2) is 0 Å². The fourth-order valence-electron chi connectivity index (χ4n) is 0.965. The molecule has 13 heavy (non-hydrogen) atoms. The molecule has 78 valence electrons. The van der Waals surface area contributed by atoms with Gasteiger partial charge in [-0.25, -0.2) is 4.79 Å². The summed E-state index contributed by atoms with van der Waals surface area (Å²) in [4.78, 5) is 13.2. The number of hydrogen-bond donors (Lipinski definition) is 2. The zero-order valence-electron chi connectivity index (χ0n) is 9.05. The van der Waals surface area contributed by atoms with Gasteiger partial charge < -0.3 is 15.5 Å². The summed E-state index contributed by atoms with van der Waals surface area (Å²) >= 11 is 0. The summed E-state index contributed by atoms with van der Waals surface area (Å²) < 4.78 is 0. The minimum Gasteiger partial charge on any atom is -0.336 e. The van der Waals surface area contributed by atoms with Gasteiger partial charge in [-0.1, -0.05) is 0 Å². The van der Waals surface area contributed by atoms with Crippen LogP contribution in [0.1, 0.15) is 20.8 Å². The van der Waals surface area contributed by atoms with Crippen LogP contribution in [-0.2, 0) is 0 Å². The number of likely N-dealkylation sites (N-methyl/N-ethyl adjacent to an activating group) is 1. The fraction of sp³-hybridized carbons (Fsp3) is 0.889. The molecule has 4 nitrogen and oxygen atoms in total. The van der Waals surface area contributed by atoms with Gasteiger partial charge in [-0.3, -0.25) is 0 Å². The Morgan fingerprint density at radius 3 is 2.31 bits per heavy atom. The van der Waals surface area contributed by atoms with Crippen LogP contribution < -0.4 is 10.6 Å². The van der Waals surface area contributed by atoms with Gasteiger partial charge in [0.05, 0.1) is 0 Å². The molecule has 0 radical (unpaired) electrons. The largest absolute Gasteiger partial charge is 0.336 e. The van der Waals surface area contributed by atoms with Gasteiger partial charge in [0, 0.05) is 25.7 Å². The monoisotopic (exact) mass is 187 g/mol. The van der Waals surface area contributed by atoms with Gasteiger partial charge in [-0.15, -0.1) is 0 Å². The standard InChI is InChI=1S/C9H21N3O/c1-5-12(6-2)9(13)11-7-8(3)10-4/h8,10H,5-7H2,1-4H3,(H,11,13). The quantitative estimate of drug-likeness (QED) is 0.663. The van der Waals surface area contributed by atoms with Crippen LogP contribution >= 0.6 is 0 Å². The van der Waals surface area contributed by atoms with E-state index in [-0.39, 0.29) is 6.03 Å². The highest BCUT2D eigenvalue weighted by Crippen LogP contribution is 1.88. The maximum absolute atomic E-state index is 11.4. The van der Waals surface area contributed by atoms with Gasteiger partial charge in [0.1, 0.15) is 0 Å². The van der Waals surface area contributed by atoms with E-state index in [1.54, 1.807) is 4.90 Å². The Morgan fingerprint density at radius 2 is 1.92 bits per heavy atom. The smallest absolute Gasteiger partial charge is 0.317 e. The molecule has 0 aromatic rings. The van der Waals surface area contributed by atoms with Crippen molar-refractivity contribution >= 4 is 6.03 Å². The van der Waals surface area contributed by atoms with Crippen molar-refractivity contribution in [2.75, 3.05) is 26.7 Å². The van der Waals surface area contributed by atoms with Crippen LogP contribution in [0.3, 0.4) is 0 Å². The molecule has 0 saturated heterocycles. The molecule has 0 saturated carbocycles. The van der Waals surface area contributed by atoms with Gasteiger partial charge in [0.15, 0.2) is 0 Å². The first-order valence-corrected chi connectivity index (χ1v) is 4.85. The van der Waals surface area contributed by atoms with Crippen LogP contribution in [0.2, 0.25) is 0 Å². The molecule has 0 bridgehead atoms. The first-order valence-electron chi connectivity index (χ1n) is 4.85. The predicted octanol–water partition coefficient (Wildman–Crippen LogP) is 0.646. The summed E-state index contributed by atoms with van der Waals surface area (Å²) in [5.41, 5.74) is 0. The van der Waals surface area contributed by atoms with Crippen LogP contribution in [0.4, 0.5) is 4.79 Å². The molecule has 0 aromatic heterocycles. The second kappa shape index (κ2) is 6.71. The van der Waals surface area contributed by atoms with Crippen LogP contribution in [0.5, 0.6) is 0 Å². The number of nitrogens with zero attached hydrogens (tertiary/aromatic N) is 1. The fourth-order valence-corrected chi connectivity index (χ4v) is 0.965. The van der Waals surface area contributed by atoms with Gasteiger partial charge in [-0.2, -0.15) is 0 Å². The van der Waals surface area contributed by atoms with E-state index < -0.39 is 0 Å². The lowest BCUT2D eigenvalue weighted by Gasteiger charge is -2.20. The highest BCUT2D eigenvalue weighted by Gasteiger charge is 2.08. The Morgan fingerprint density at radius 1 is 1.38 bits per heavy atom. The predicted molar refractivity (Wildman–Crippen MR) is 54.8 cm³/mol. The maximum atomic E-state index is 11.4.